The molecule has 8 heteroatoms. The largest absolute Gasteiger partial charge is 0.493 e. The number of anilines is 1. The fourth-order valence-corrected chi connectivity index (χ4v) is 4.46. The Balaban J connectivity index is 1.74. The molecule has 0 bridgehead atoms. The molecular weight excluding hydrogens is 412 g/mol. The van der Waals surface area contributed by atoms with E-state index in [9.17, 15) is 14.4 Å². The lowest BCUT2D eigenvalue weighted by Gasteiger charge is -2.30. The van der Waals surface area contributed by atoms with E-state index in [1.54, 1.807) is 11.0 Å². The highest BCUT2D eigenvalue weighted by molar-refractivity contribution is 6.03. The summed E-state index contributed by atoms with van der Waals surface area (Å²) in [5.74, 6) is 0.0673. The van der Waals surface area contributed by atoms with Crippen molar-refractivity contribution in [2.24, 2.45) is 11.8 Å². The van der Waals surface area contributed by atoms with Crippen molar-refractivity contribution < 1.29 is 28.6 Å². The molecule has 1 N–H and O–H groups in total. The monoisotopic (exact) mass is 446 g/mol. The van der Waals surface area contributed by atoms with Crippen molar-refractivity contribution in [3.63, 3.8) is 0 Å². The van der Waals surface area contributed by atoms with Crippen LogP contribution in [0.15, 0.2) is 12.1 Å². The molecule has 1 aliphatic carbocycles. The molecule has 1 saturated heterocycles. The van der Waals surface area contributed by atoms with E-state index in [1.165, 1.54) is 20.3 Å². The number of ether oxygens (including phenoxy) is 3. The zero-order chi connectivity index (χ0) is 23.1. The van der Waals surface area contributed by atoms with Crippen molar-refractivity contribution in [1.29, 1.82) is 0 Å². The quantitative estimate of drug-likeness (QED) is 0.643. The van der Waals surface area contributed by atoms with Crippen LogP contribution in [0.4, 0.5) is 5.69 Å². The van der Waals surface area contributed by atoms with Gasteiger partial charge in [0, 0.05) is 31.1 Å². The second-order valence-electron chi connectivity index (χ2n) is 8.74. The molecule has 176 valence electrons. The van der Waals surface area contributed by atoms with Crippen LogP contribution in [0, 0.1) is 11.8 Å². The zero-order valence-corrected chi connectivity index (χ0v) is 19.3. The van der Waals surface area contributed by atoms with Gasteiger partial charge < -0.3 is 24.4 Å². The number of methoxy groups -OCH3 is 2. The van der Waals surface area contributed by atoms with Crippen LogP contribution < -0.4 is 14.8 Å². The van der Waals surface area contributed by atoms with Gasteiger partial charge in [0.25, 0.3) is 5.91 Å². The first-order chi connectivity index (χ1) is 15.4. The van der Waals surface area contributed by atoms with E-state index in [1.807, 2.05) is 0 Å². The molecule has 1 atom stereocenters. The maximum atomic E-state index is 12.9. The van der Waals surface area contributed by atoms with Crippen LogP contribution in [0.3, 0.4) is 0 Å². The van der Waals surface area contributed by atoms with Gasteiger partial charge in [-0.1, -0.05) is 26.2 Å². The highest BCUT2D eigenvalue weighted by Gasteiger charge is 2.26. The molecule has 2 fully saturated rings. The Morgan fingerprint density at radius 2 is 1.69 bits per heavy atom. The Labute approximate surface area is 189 Å². The number of amides is 2. The Bertz CT molecular complexity index is 834. The first-order valence-electron chi connectivity index (χ1n) is 11.4. The Morgan fingerprint density at radius 1 is 1.00 bits per heavy atom. The third-order valence-electron chi connectivity index (χ3n) is 6.31. The molecule has 1 heterocycles. The molecule has 1 aromatic carbocycles. The summed E-state index contributed by atoms with van der Waals surface area (Å²) in [6.07, 6.45) is 6.91. The molecule has 1 saturated carbocycles. The van der Waals surface area contributed by atoms with Gasteiger partial charge >= 0.3 is 5.97 Å². The lowest BCUT2D eigenvalue weighted by Crippen LogP contribution is -2.41. The summed E-state index contributed by atoms with van der Waals surface area (Å²) in [6.45, 7) is 3.13. The second kappa shape index (κ2) is 11.2. The average molecular weight is 447 g/mol. The van der Waals surface area contributed by atoms with Crippen molar-refractivity contribution in [3.05, 3.63) is 17.7 Å². The van der Waals surface area contributed by atoms with Gasteiger partial charge in [-0.3, -0.25) is 9.59 Å². The summed E-state index contributed by atoms with van der Waals surface area (Å²) < 4.78 is 16.0. The number of piperidine rings is 1. The molecule has 2 aliphatic rings. The fraction of sp³-hybridized carbons (Fsp3) is 0.625. The van der Waals surface area contributed by atoms with Crippen LogP contribution in [-0.4, -0.2) is 56.6 Å². The van der Waals surface area contributed by atoms with Crippen LogP contribution in [0.25, 0.3) is 0 Å². The van der Waals surface area contributed by atoms with Crippen molar-refractivity contribution in [2.75, 3.05) is 39.2 Å². The van der Waals surface area contributed by atoms with Gasteiger partial charge in [0.05, 0.1) is 25.5 Å². The minimum absolute atomic E-state index is 0.0802. The number of carbonyl (C=O) groups excluding carboxylic acids is 3. The van der Waals surface area contributed by atoms with Gasteiger partial charge in [-0.15, -0.1) is 0 Å². The summed E-state index contributed by atoms with van der Waals surface area (Å²) >= 11 is 0. The number of benzene rings is 1. The molecule has 8 nitrogen and oxygen atoms in total. The van der Waals surface area contributed by atoms with Crippen LogP contribution in [0.5, 0.6) is 11.5 Å². The molecular formula is C24H34N2O6. The lowest BCUT2D eigenvalue weighted by molar-refractivity contribution is -0.136. The molecule has 0 spiro atoms. The lowest BCUT2D eigenvalue weighted by atomic mass is 9.88. The first-order valence-corrected chi connectivity index (χ1v) is 11.4. The standard InChI is InChI=1S/C24H34N2O6/c1-16-8-7-11-26(14-16)22(27)15-32-24(29)18-12-20(30-2)21(31-3)13-19(18)25-23(28)17-9-5-4-6-10-17/h12-13,16-17H,4-11,14-15H2,1-3H3,(H,25,28). The highest BCUT2D eigenvalue weighted by Crippen LogP contribution is 2.35. The number of carbonyl (C=O) groups is 3. The van der Waals surface area contributed by atoms with E-state index in [4.69, 9.17) is 14.2 Å². The van der Waals surface area contributed by atoms with Crippen molar-refractivity contribution >= 4 is 23.5 Å². The molecule has 0 radical (unpaired) electrons. The molecule has 1 unspecified atom stereocenters. The number of esters is 1. The van der Waals surface area contributed by atoms with Gasteiger partial charge in [0.2, 0.25) is 5.91 Å². The van der Waals surface area contributed by atoms with E-state index in [-0.39, 0.29) is 29.9 Å². The predicted octanol–water partition coefficient (Wildman–Crippen LogP) is 3.64. The summed E-state index contributed by atoms with van der Waals surface area (Å²) in [5, 5.41) is 2.87. The molecule has 1 aromatic rings. The fourth-order valence-electron chi connectivity index (χ4n) is 4.46. The zero-order valence-electron chi connectivity index (χ0n) is 19.3. The van der Waals surface area contributed by atoms with Gasteiger partial charge in [0.15, 0.2) is 18.1 Å². The summed E-state index contributed by atoms with van der Waals surface area (Å²) in [6, 6.07) is 3.04. The summed E-state index contributed by atoms with van der Waals surface area (Å²) in [7, 11) is 2.95. The average Bonchev–Trinajstić information content (AvgIpc) is 2.82. The van der Waals surface area contributed by atoms with Crippen LogP contribution in [0.2, 0.25) is 0 Å². The normalized spacial score (nSPS) is 19.2. The van der Waals surface area contributed by atoms with Crippen LogP contribution in [-0.2, 0) is 14.3 Å². The van der Waals surface area contributed by atoms with Crippen molar-refractivity contribution in [2.45, 2.75) is 51.9 Å². The molecule has 32 heavy (non-hydrogen) atoms. The van der Waals surface area contributed by atoms with Crippen LogP contribution >= 0.6 is 0 Å². The van der Waals surface area contributed by atoms with Crippen LogP contribution in [0.1, 0.15) is 62.2 Å². The first kappa shape index (κ1) is 23.9. The van der Waals surface area contributed by atoms with Gasteiger partial charge in [-0.2, -0.15) is 0 Å². The molecule has 0 aromatic heterocycles. The summed E-state index contributed by atoms with van der Waals surface area (Å²) in [5.41, 5.74) is 0.425. The van der Waals surface area contributed by atoms with Gasteiger partial charge in [-0.05, 0) is 31.6 Å². The smallest absolute Gasteiger partial charge is 0.340 e. The van der Waals surface area contributed by atoms with Crippen molar-refractivity contribution in [1.82, 2.24) is 4.90 Å². The van der Waals surface area contributed by atoms with Gasteiger partial charge in [-0.25, -0.2) is 4.79 Å². The third-order valence-corrected chi connectivity index (χ3v) is 6.31. The van der Waals surface area contributed by atoms with E-state index >= 15 is 0 Å². The number of likely N-dealkylation sites (tertiary alicyclic amines) is 1. The Hall–Kier alpha value is -2.77. The molecule has 2 amide bonds. The second-order valence-corrected chi connectivity index (χ2v) is 8.74. The van der Waals surface area contributed by atoms with Crippen molar-refractivity contribution in [3.8, 4) is 11.5 Å². The number of hydrogen-bond acceptors (Lipinski definition) is 6. The Kier molecular flexibility index (Phi) is 8.36. The van der Waals surface area contributed by atoms with E-state index in [2.05, 4.69) is 12.2 Å². The Morgan fingerprint density at radius 3 is 2.34 bits per heavy atom. The SMILES string of the molecule is COc1cc(NC(=O)C2CCCCC2)c(C(=O)OCC(=O)N2CCCC(C)C2)cc1OC. The maximum Gasteiger partial charge on any atom is 0.340 e. The molecule has 3 rings (SSSR count). The maximum absolute atomic E-state index is 12.9. The number of nitrogens with zero attached hydrogens (tertiary/aromatic N) is 1. The number of nitrogens with one attached hydrogen (secondary N) is 1. The topological polar surface area (TPSA) is 94.2 Å². The predicted molar refractivity (Wildman–Crippen MR) is 120 cm³/mol. The minimum atomic E-state index is -0.691. The number of hydrogen-bond donors (Lipinski definition) is 1. The van der Waals surface area contributed by atoms with Gasteiger partial charge in [0.1, 0.15) is 0 Å². The number of rotatable bonds is 7. The molecule has 1 aliphatic heterocycles. The highest BCUT2D eigenvalue weighted by atomic mass is 16.5. The van der Waals surface area contributed by atoms with E-state index in [0.717, 1.165) is 44.9 Å². The van der Waals surface area contributed by atoms with E-state index in [0.29, 0.717) is 36.2 Å². The third kappa shape index (κ3) is 5.93. The van der Waals surface area contributed by atoms with E-state index < -0.39 is 5.97 Å². The minimum Gasteiger partial charge on any atom is -0.493 e. The summed E-state index contributed by atoms with van der Waals surface area (Å²) in [4.78, 5) is 40.0.